The lowest BCUT2D eigenvalue weighted by Gasteiger charge is -2.18. The van der Waals surface area contributed by atoms with Gasteiger partial charge in [0.25, 0.3) is 5.91 Å². The number of alkyl carbamates (subject to hydrolysis) is 1. The van der Waals surface area contributed by atoms with Crippen LogP contribution >= 0.6 is 0 Å². The Morgan fingerprint density at radius 3 is 2.84 bits per heavy atom. The normalized spacial score (nSPS) is 20.8. The lowest BCUT2D eigenvalue weighted by molar-refractivity contribution is 0.0555. The van der Waals surface area contributed by atoms with Crippen LogP contribution in [0.2, 0.25) is 0 Å². The van der Waals surface area contributed by atoms with Crippen molar-refractivity contribution >= 4 is 17.8 Å². The SMILES string of the molecule is CCOCc1cc(C(=O)Nc2cc([C@H]3CC[C@@H](OC(=O)NC(C)C)[C@H]3F)[nH]n2)n(C)n1. The summed E-state index contributed by atoms with van der Waals surface area (Å²) >= 11 is 0. The molecule has 1 saturated carbocycles. The Bertz CT molecular complexity index is 911. The van der Waals surface area contributed by atoms with Crippen LogP contribution in [0.15, 0.2) is 12.1 Å². The Balaban J connectivity index is 1.60. The lowest BCUT2D eigenvalue weighted by atomic mass is 10.0. The zero-order valence-electron chi connectivity index (χ0n) is 18.1. The van der Waals surface area contributed by atoms with Gasteiger partial charge in [0, 0.05) is 37.4 Å². The van der Waals surface area contributed by atoms with Gasteiger partial charge in [-0.25, -0.2) is 9.18 Å². The molecule has 2 amide bonds. The van der Waals surface area contributed by atoms with Gasteiger partial charge in [0.1, 0.15) is 18.0 Å². The van der Waals surface area contributed by atoms with Crippen LogP contribution in [0, 0.1) is 0 Å². The molecule has 10 nitrogen and oxygen atoms in total. The highest BCUT2D eigenvalue weighted by molar-refractivity contribution is 6.02. The van der Waals surface area contributed by atoms with Crippen LogP contribution in [0.1, 0.15) is 61.4 Å². The van der Waals surface area contributed by atoms with E-state index < -0.39 is 24.3 Å². The van der Waals surface area contributed by atoms with E-state index in [0.29, 0.717) is 43.1 Å². The van der Waals surface area contributed by atoms with E-state index in [1.165, 1.54) is 4.68 Å². The molecule has 2 aromatic rings. The second-order valence-electron chi connectivity index (χ2n) is 7.82. The zero-order valence-corrected chi connectivity index (χ0v) is 18.1. The fourth-order valence-electron chi connectivity index (χ4n) is 3.57. The molecule has 0 unspecified atom stereocenters. The van der Waals surface area contributed by atoms with Gasteiger partial charge < -0.3 is 20.1 Å². The number of alkyl halides is 1. The molecule has 1 aliphatic carbocycles. The fourth-order valence-corrected chi connectivity index (χ4v) is 3.57. The maximum absolute atomic E-state index is 14.9. The molecular formula is C20H29FN6O4. The highest BCUT2D eigenvalue weighted by atomic mass is 19.1. The molecular weight excluding hydrogens is 407 g/mol. The largest absolute Gasteiger partial charge is 0.443 e. The number of nitrogens with zero attached hydrogens (tertiary/aromatic N) is 3. The molecule has 0 radical (unpaired) electrons. The molecule has 170 valence electrons. The summed E-state index contributed by atoms with van der Waals surface area (Å²) in [6.45, 7) is 6.36. The monoisotopic (exact) mass is 436 g/mol. The molecule has 1 fully saturated rings. The number of hydrogen-bond acceptors (Lipinski definition) is 6. The smallest absolute Gasteiger partial charge is 0.407 e. The topological polar surface area (TPSA) is 123 Å². The van der Waals surface area contributed by atoms with E-state index in [9.17, 15) is 14.0 Å². The molecule has 0 bridgehead atoms. The third kappa shape index (κ3) is 5.60. The summed E-state index contributed by atoms with van der Waals surface area (Å²) in [5.74, 6) is -0.600. The van der Waals surface area contributed by atoms with Gasteiger partial charge >= 0.3 is 6.09 Å². The number of rotatable bonds is 8. The average molecular weight is 436 g/mol. The minimum Gasteiger partial charge on any atom is -0.443 e. The number of H-pyrrole nitrogens is 1. The van der Waals surface area contributed by atoms with Crippen LogP contribution in [0.25, 0.3) is 0 Å². The van der Waals surface area contributed by atoms with Crippen LogP contribution in [0.5, 0.6) is 0 Å². The number of nitrogens with one attached hydrogen (secondary N) is 3. The number of aromatic nitrogens is 4. The van der Waals surface area contributed by atoms with Gasteiger partial charge in [-0.1, -0.05) is 0 Å². The third-order valence-electron chi connectivity index (χ3n) is 5.02. The Hall–Kier alpha value is -2.95. The Morgan fingerprint density at radius 2 is 2.13 bits per heavy atom. The van der Waals surface area contributed by atoms with Gasteiger partial charge in [-0.3, -0.25) is 14.6 Å². The van der Waals surface area contributed by atoms with Crippen molar-refractivity contribution in [1.82, 2.24) is 25.3 Å². The first-order chi connectivity index (χ1) is 14.8. The summed E-state index contributed by atoms with van der Waals surface area (Å²) in [7, 11) is 1.67. The Morgan fingerprint density at radius 1 is 1.35 bits per heavy atom. The Labute approximate surface area is 179 Å². The molecule has 31 heavy (non-hydrogen) atoms. The van der Waals surface area contributed by atoms with Crippen molar-refractivity contribution in [3.8, 4) is 0 Å². The summed E-state index contributed by atoms with van der Waals surface area (Å²) in [6, 6.07) is 3.16. The Kier molecular flexibility index (Phi) is 7.26. The molecule has 3 N–H and O–H groups in total. The minimum atomic E-state index is -1.36. The van der Waals surface area contributed by atoms with E-state index >= 15 is 0 Å². The van der Waals surface area contributed by atoms with Crippen molar-refractivity contribution < 1.29 is 23.5 Å². The number of carbonyl (C=O) groups is 2. The second kappa shape index (κ2) is 9.90. The highest BCUT2D eigenvalue weighted by Crippen LogP contribution is 2.38. The van der Waals surface area contributed by atoms with Crippen LogP contribution in [0.3, 0.4) is 0 Å². The predicted molar refractivity (Wildman–Crippen MR) is 110 cm³/mol. The van der Waals surface area contributed by atoms with Gasteiger partial charge in [-0.15, -0.1) is 0 Å². The third-order valence-corrected chi connectivity index (χ3v) is 5.02. The lowest BCUT2D eigenvalue weighted by Crippen LogP contribution is -2.36. The van der Waals surface area contributed by atoms with Crippen molar-refractivity contribution in [2.75, 3.05) is 11.9 Å². The first-order valence-corrected chi connectivity index (χ1v) is 10.4. The molecule has 2 aromatic heterocycles. The number of anilines is 1. The summed E-state index contributed by atoms with van der Waals surface area (Å²) in [4.78, 5) is 24.3. The van der Waals surface area contributed by atoms with E-state index in [4.69, 9.17) is 9.47 Å². The van der Waals surface area contributed by atoms with Crippen molar-refractivity contribution in [3.63, 3.8) is 0 Å². The van der Waals surface area contributed by atoms with E-state index in [1.807, 2.05) is 6.92 Å². The number of aromatic amines is 1. The number of ether oxygens (including phenoxy) is 2. The van der Waals surface area contributed by atoms with Gasteiger partial charge in [0.2, 0.25) is 0 Å². The summed E-state index contributed by atoms with van der Waals surface area (Å²) < 4.78 is 26.9. The van der Waals surface area contributed by atoms with Crippen LogP contribution in [-0.2, 0) is 23.1 Å². The highest BCUT2D eigenvalue weighted by Gasteiger charge is 2.41. The maximum Gasteiger partial charge on any atom is 0.407 e. The van der Waals surface area contributed by atoms with Crippen molar-refractivity contribution in [2.24, 2.45) is 7.05 Å². The number of amides is 2. The number of aryl methyl sites for hydroxylation is 1. The second-order valence-corrected chi connectivity index (χ2v) is 7.82. The van der Waals surface area contributed by atoms with Gasteiger partial charge in [0.15, 0.2) is 5.82 Å². The average Bonchev–Trinajstić information content (AvgIpc) is 3.39. The molecule has 0 aromatic carbocycles. The van der Waals surface area contributed by atoms with Crippen molar-refractivity contribution in [3.05, 3.63) is 29.2 Å². The molecule has 3 atom stereocenters. The molecule has 2 heterocycles. The minimum absolute atomic E-state index is 0.0868. The first-order valence-electron chi connectivity index (χ1n) is 10.4. The van der Waals surface area contributed by atoms with Crippen LogP contribution in [-0.4, -0.2) is 56.9 Å². The molecule has 1 aliphatic rings. The van der Waals surface area contributed by atoms with E-state index in [0.717, 1.165) is 0 Å². The summed E-state index contributed by atoms with van der Waals surface area (Å²) in [5.41, 5.74) is 1.55. The number of carbonyl (C=O) groups excluding carboxylic acids is 2. The van der Waals surface area contributed by atoms with Crippen molar-refractivity contribution in [1.29, 1.82) is 0 Å². The maximum atomic E-state index is 14.9. The van der Waals surface area contributed by atoms with Crippen molar-refractivity contribution in [2.45, 2.75) is 64.5 Å². The number of halogens is 1. The summed E-state index contributed by atoms with van der Waals surface area (Å²) in [6.07, 6.45) is -1.89. The molecule has 3 rings (SSSR count). The van der Waals surface area contributed by atoms with Gasteiger partial charge in [-0.2, -0.15) is 10.2 Å². The zero-order chi connectivity index (χ0) is 22.5. The fraction of sp³-hybridized carbons (Fsp3) is 0.600. The van der Waals surface area contributed by atoms with Crippen LogP contribution in [0.4, 0.5) is 15.0 Å². The van der Waals surface area contributed by atoms with E-state index in [2.05, 4.69) is 25.9 Å². The quantitative estimate of drug-likeness (QED) is 0.585. The van der Waals surface area contributed by atoms with Crippen LogP contribution < -0.4 is 10.6 Å². The standard InChI is InChI=1S/C20H29FN6O4/c1-5-30-10-12-8-15(27(4)26-12)19(28)23-17-9-14(24-25-17)13-6-7-16(18(13)21)31-20(29)22-11(2)3/h8-9,11,13,16,18H,5-7,10H2,1-4H3,(H,22,29)(H2,23,24,25,28)/t13-,16-,18+/m1/s1. The molecule has 0 spiro atoms. The van der Waals surface area contributed by atoms with Gasteiger partial charge in [0.05, 0.1) is 12.3 Å². The molecule has 0 saturated heterocycles. The predicted octanol–water partition coefficient (Wildman–Crippen LogP) is 2.65. The van der Waals surface area contributed by atoms with Gasteiger partial charge in [-0.05, 0) is 39.7 Å². The van der Waals surface area contributed by atoms with E-state index in [1.54, 1.807) is 33.0 Å². The molecule has 11 heteroatoms. The summed E-state index contributed by atoms with van der Waals surface area (Å²) in [5, 5.41) is 16.4. The first kappa shape index (κ1) is 22.7. The number of hydrogen-bond donors (Lipinski definition) is 3. The molecule has 0 aliphatic heterocycles. The van der Waals surface area contributed by atoms with E-state index in [-0.39, 0.29) is 17.8 Å².